The van der Waals surface area contributed by atoms with E-state index >= 15 is 0 Å². The second kappa shape index (κ2) is 5.68. The van der Waals surface area contributed by atoms with E-state index < -0.39 is 17.6 Å². The van der Waals surface area contributed by atoms with Crippen LogP contribution in [0.15, 0.2) is 48.5 Å². The molecule has 0 saturated carbocycles. The molecule has 0 aliphatic carbocycles. The predicted molar refractivity (Wildman–Crippen MR) is 85.3 cm³/mol. The Hall–Kier alpha value is -2.95. The summed E-state index contributed by atoms with van der Waals surface area (Å²) in [6, 6.07) is 8.88. The largest absolute Gasteiger partial charge is 0.502 e. The second-order valence-electron chi connectivity index (χ2n) is 5.57. The molecule has 0 bridgehead atoms. The molecule has 0 atom stereocenters. The van der Waals surface area contributed by atoms with Gasteiger partial charge >= 0.3 is 0 Å². The highest BCUT2D eigenvalue weighted by Crippen LogP contribution is 2.30. The molecule has 2 amide bonds. The molecular formula is C18H16N2O3. The molecule has 0 radical (unpaired) electrons. The number of amides is 2. The van der Waals surface area contributed by atoms with E-state index in [1.165, 1.54) is 0 Å². The smallest absolute Gasteiger partial charge is 0.296 e. The molecule has 1 aliphatic heterocycles. The van der Waals surface area contributed by atoms with Crippen LogP contribution in [0.4, 0.5) is 0 Å². The molecule has 1 N–H and O–H groups in total. The second-order valence-corrected chi connectivity index (χ2v) is 5.57. The zero-order chi connectivity index (χ0) is 16.6. The molecule has 1 aliphatic rings. The fourth-order valence-corrected chi connectivity index (χ4v) is 2.53. The van der Waals surface area contributed by atoms with Crippen LogP contribution in [0, 0.1) is 13.8 Å². The first-order chi connectivity index (χ1) is 11.0. The monoisotopic (exact) mass is 308 g/mol. The quantitative estimate of drug-likeness (QED) is 0.885. The van der Waals surface area contributed by atoms with Crippen LogP contribution in [0.1, 0.15) is 22.3 Å². The van der Waals surface area contributed by atoms with Crippen LogP contribution >= 0.6 is 0 Å². The van der Waals surface area contributed by atoms with Gasteiger partial charge in [-0.1, -0.05) is 18.2 Å². The molecule has 116 valence electrons. The Bertz CT molecular complexity index is 825. The van der Waals surface area contributed by atoms with Gasteiger partial charge in [0, 0.05) is 12.4 Å². The van der Waals surface area contributed by atoms with Crippen molar-refractivity contribution in [2.24, 2.45) is 0 Å². The maximum Gasteiger partial charge on any atom is 0.296 e. The standard InChI is InChI=1S/C18H16N2O3/c1-11-3-4-14(9-12(11)2)15-16(21)18(23)20(17(15)22)10-13-5-7-19-8-6-13/h3-9,21H,10H2,1-2H3. The number of imide groups is 1. The van der Waals surface area contributed by atoms with E-state index in [1.807, 2.05) is 26.0 Å². The fraction of sp³-hybridized carbons (Fsp3) is 0.167. The van der Waals surface area contributed by atoms with E-state index in [-0.39, 0.29) is 12.1 Å². The highest BCUT2D eigenvalue weighted by molar-refractivity contribution is 6.34. The van der Waals surface area contributed by atoms with Gasteiger partial charge in [-0.25, -0.2) is 0 Å². The number of carbonyl (C=O) groups excluding carboxylic acids is 2. The van der Waals surface area contributed by atoms with E-state index in [2.05, 4.69) is 4.98 Å². The Labute approximate surface area is 133 Å². The van der Waals surface area contributed by atoms with Crippen LogP contribution in [0.25, 0.3) is 5.57 Å². The summed E-state index contributed by atoms with van der Waals surface area (Å²) in [7, 11) is 0. The number of aryl methyl sites for hydroxylation is 2. The molecular weight excluding hydrogens is 292 g/mol. The highest BCUT2D eigenvalue weighted by Gasteiger charge is 2.39. The number of carbonyl (C=O) groups is 2. The van der Waals surface area contributed by atoms with Crippen molar-refractivity contribution >= 4 is 17.4 Å². The van der Waals surface area contributed by atoms with Gasteiger partial charge in [-0.2, -0.15) is 0 Å². The van der Waals surface area contributed by atoms with Gasteiger partial charge in [0.2, 0.25) is 0 Å². The summed E-state index contributed by atoms with van der Waals surface area (Å²) in [6.45, 7) is 4.00. The average molecular weight is 308 g/mol. The third-order valence-corrected chi connectivity index (χ3v) is 4.03. The number of hydrogen-bond acceptors (Lipinski definition) is 4. The number of aromatic nitrogens is 1. The van der Waals surface area contributed by atoms with Gasteiger partial charge in [-0.3, -0.25) is 19.5 Å². The topological polar surface area (TPSA) is 70.5 Å². The molecule has 0 saturated heterocycles. The van der Waals surface area contributed by atoms with Crippen molar-refractivity contribution in [3.63, 3.8) is 0 Å². The minimum atomic E-state index is -0.667. The van der Waals surface area contributed by atoms with Crippen molar-refractivity contribution in [3.8, 4) is 0 Å². The van der Waals surface area contributed by atoms with Gasteiger partial charge in [0.15, 0.2) is 5.76 Å². The van der Waals surface area contributed by atoms with Crippen molar-refractivity contribution in [1.82, 2.24) is 9.88 Å². The van der Waals surface area contributed by atoms with Crippen molar-refractivity contribution in [2.45, 2.75) is 20.4 Å². The SMILES string of the molecule is Cc1ccc(C2=C(O)C(=O)N(Cc3ccncc3)C2=O)cc1C. The number of benzene rings is 1. The summed E-state index contributed by atoms with van der Waals surface area (Å²) >= 11 is 0. The summed E-state index contributed by atoms with van der Waals surface area (Å²) < 4.78 is 0. The predicted octanol–water partition coefficient (Wildman–Crippen LogP) is 2.54. The first-order valence-corrected chi connectivity index (χ1v) is 7.25. The number of aliphatic hydroxyl groups excluding tert-OH is 1. The first-order valence-electron chi connectivity index (χ1n) is 7.25. The van der Waals surface area contributed by atoms with Gasteiger partial charge < -0.3 is 5.11 Å². The minimum absolute atomic E-state index is 0.0622. The zero-order valence-electron chi connectivity index (χ0n) is 12.9. The Balaban J connectivity index is 1.94. The van der Waals surface area contributed by atoms with Crippen LogP contribution < -0.4 is 0 Å². The lowest BCUT2D eigenvalue weighted by atomic mass is 10.00. The van der Waals surface area contributed by atoms with Gasteiger partial charge in [0.05, 0.1) is 12.1 Å². The van der Waals surface area contributed by atoms with Crippen molar-refractivity contribution in [1.29, 1.82) is 0 Å². The summed E-state index contributed by atoms with van der Waals surface area (Å²) in [5, 5.41) is 10.1. The number of aliphatic hydroxyl groups is 1. The van der Waals surface area contributed by atoms with Crippen LogP contribution in [0.3, 0.4) is 0 Å². The maximum atomic E-state index is 12.6. The maximum absolute atomic E-state index is 12.6. The van der Waals surface area contributed by atoms with E-state index in [0.717, 1.165) is 21.6 Å². The molecule has 0 spiro atoms. The molecule has 5 heteroatoms. The van der Waals surface area contributed by atoms with Gasteiger partial charge in [0.1, 0.15) is 0 Å². The molecule has 2 aromatic rings. The summed E-state index contributed by atoms with van der Waals surface area (Å²) in [5.41, 5.74) is 3.47. The van der Waals surface area contributed by atoms with Crippen LogP contribution in [-0.2, 0) is 16.1 Å². The Morgan fingerprint density at radius 1 is 1.00 bits per heavy atom. The molecule has 5 nitrogen and oxygen atoms in total. The van der Waals surface area contributed by atoms with Crippen LogP contribution in [0.5, 0.6) is 0 Å². The fourth-order valence-electron chi connectivity index (χ4n) is 2.53. The minimum Gasteiger partial charge on any atom is -0.502 e. The van der Waals surface area contributed by atoms with Gasteiger partial charge in [-0.05, 0) is 48.2 Å². The lowest BCUT2D eigenvalue weighted by Gasteiger charge is -2.14. The number of hydrogen-bond donors (Lipinski definition) is 1. The van der Waals surface area contributed by atoms with E-state index in [4.69, 9.17) is 0 Å². The third-order valence-electron chi connectivity index (χ3n) is 4.03. The van der Waals surface area contributed by atoms with Crippen molar-refractivity contribution in [2.75, 3.05) is 0 Å². The molecule has 1 aromatic carbocycles. The zero-order valence-corrected chi connectivity index (χ0v) is 12.9. The summed E-state index contributed by atoms with van der Waals surface area (Å²) in [4.78, 5) is 29.8. The number of rotatable bonds is 3. The Morgan fingerprint density at radius 2 is 1.70 bits per heavy atom. The van der Waals surface area contributed by atoms with Gasteiger partial charge in [-0.15, -0.1) is 0 Å². The lowest BCUT2D eigenvalue weighted by molar-refractivity contribution is -0.138. The normalized spacial score (nSPS) is 14.8. The van der Waals surface area contributed by atoms with Crippen molar-refractivity contribution < 1.29 is 14.7 Å². The molecule has 23 heavy (non-hydrogen) atoms. The van der Waals surface area contributed by atoms with Crippen LogP contribution in [0.2, 0.25) is 0 Å². The highest BCUT2D eigenvalue weighted by atomic mass is 16.3. The van der Waals surface area contributed by atoms with E-state index in [9.17, 15) is 14.7 Å². The van der Waals surface area contributed by atoms with Crippen molar-refractivity contribution in [3.05, 3.63) is 70.7 Å². The molecule has 3 rings (SSSR count). The Kier molecular flexibility index (Phi) is 3.70. The third kappa shape index (κ3) is 2.61. The lowest BCUT2D eigenvalue weighted by Crippen LogP contribution is -2.31. The van der Waals surface area contributed by atoms with Crippen LogP contribution in [-0.4, -0.2) is 26.8 Å². The van der Waals surface area contributed by atoms with E-state index in [1.54, 1.807) is 30.6 Å². The van der Waals surface area contributed by atoms with E-state index in [0.29, 0.717) is 5.56 Å². The molecule has 1 aromatic heterocycles. The summed E-state index contributed by atoms with van der Waals surface area (Å²) in [6.07, 6.45) is 3.19. The molecule has 0 fully saturated rings. The number of pyridine rings is 1. The molecule has 0 unspecified atom stereocenters. The first kappa shape index (κ1) is 15.0. The summed E-state index contributed by atoms with van der Waals surface area (Å²) in [5.74, 6) is -1.64. The molecule has 2 heterocycles. The Morgan fingerprint density at radius 3 is 2.35 bits per heavy atom. The number of nitrogens with zero attached hydrogens (tertiary/aromatic N) is 2. The van der Waals surface area contributed by atoms with Gasteiger partial charge in [0.25, 0.3) is 11.8 Å². The average Bonchev–Trinajstić information content (AvgIpc) is 2.75.